The second kappa shape index (κ2) is 10.5. The van der Waals surface area contributed by atoms with Crippen LogP contribution >= 0.6 is 0 Å². The van der Waals surface area contributed by atoms with E-state index in [1.54, 1.807) is 18.2 Å². The standard InChI is InChI=1S/C21H27N3O2/c1-4-14-23(15-5-2)20(25)12-11-19-10-6-7-16-24(19)17-18-9-8-13-22-21(18)26-3/h1-2,8-9,13,19H,6-7,10-12,14-17H2,3H3. The van der Waals surface area contributed by atoms with Gasteiger partial charge < -0.3 is 9.64 Å². The Bertz CT molecular complexity index is 659. The van der Waals surface area contributed by atoms with Gasteiger partial charge in [-0.1, -0.05) is 24.3 Å². The van der Waals surface area contributed by atoms with E-state index in [1.807, 2.05) is 12.1 Å². The second-order valence-electron chi connectivity index (χ2n) is 6.49. The van der Waals surface area contributed by atoms with Gasteiger partial charge in [0.2, 0.25) is 11.8 Å². The molecule has 1 atom stereocenters. The van der Waals surface area contributed by atoms with Gasteiger partial charge in [0.25, 0.3) is 0 Å². The zero-order valence-corrected chi connectivity index (χ0v) is 15.5. The molecule has 1 amide bonds. The van der Waals surface area contributed by atoms with E-state index in [9.17, 15) is 4.79 Å². The summed E-state index contributed by atoms with van der Waals surface area (Å²) in [6.07, 6.45) is 17.1. The first kappa shape index (κ1) is 19.8. The number of terminal acetylenes is 2. The van der Waals surface area contributed by atoms with Crippen molar-refractivity contribution in [3.8, 4) is 30.6 Å². The summed E-state index contributed by atoms with van der Waals surface area (Å²) in [7, 11) is 1.64. The number of nitrogens with zero attached hydrogens (tertiary/aromatic N) is 3. The predicted molar refractivity (Wildman–Crippen MR) is 102 cm³/mol. The van der Waals surface area contributed by atoms with Gasteiger partial charge in [0.1, 0.15) is 0 Å². The number of ether oxygens (including phenoxy) is 1. The Morgan fingerprint density at radius 3 is 2.85 bits per heavy atom. The van der Waals surface area contributed by atoms with Crippen LogP contribution in [0.25, 0.3) is 0 Å². The second-order valence-corrected chi connectivity index (χ2v) is 6.49. The Morgan fingerprint density at radius 2 is 2.15 bits per heavy atom. The molecule has 0 N–H and O–H groups in total. The van der Waals surface area contributed by atoms with Crippen molar-refractivity contribution in [2.24, 2.45) is 0 Å². The number of carbonyl (C=O) groups is 1. The zero-order chi connectivity index (χ0) is 18.8. The molecule has 1 fully saturated rings. The Kier molecular flexibility index (Phi) is 7.99. The van der Waals surface area contributed by atoms with Gasteiger partial charge in [-0.15, -0.1) is 12.8 Å². The number of methoxy groups -OCH3 is 1. The van der Waals surface area contributed by atoms with Crippen molar-refractivity contribution in [1.82, 2.24) is 14.8 Å². The molecule has 5 nitrogen and oxygen atoms in total. The summed E-state index contributed by atoms with van der Waals surface area (Å²) in [5.41, 5.74) is 1.08. The molecule has 0 bridgehead atoms. The summed E-state index contributed by atoms with van der Waals surface area (Å²) >= 11 is 0. The number of likely N-dealkylation sites (tertiary alicyclic amines) is 1. The maximum Gasteiger partial charge on any atom is 0.224 e. The lowest BCUT2D eigenvalue weighted by Crippen LogP contribution is -2.40. The fourth-order valence-electron chi connectivity index (χ4n) is 3.44. The highest BCUT2D eigenvalue weighted by Gasteiger charge is 2.25. The quantitative estimate of drug-likeness (QED) is 0.673. The Hall–Kier alpha value is -2.50. The van der Waals surface area contributed by atoms with Crippen molar-refractivity contribution in [2.75, 3.05) is 26.7 Å². The van der Waals surface area contributed by atoms with Crippen molar-refractivity contribution in [3.05, 3.63) is 23.9 Å². The van der Waals surface area contributed by atoms with Gasteiger partial charge in [0.15, 0.2) is 0 Å². The fraction of sp³-hybridized carbons (Fsp3) is 0.524. The van der Waals surface area contributed by atoms with Crippen LogP contribution in [0.1, 0.15) is 37.7 Å². The molecule has 0 aromatic carbocycles. The monoisotopic (exact) mass is 353 g/mol. The van der Waals surface area contributed by atoms with E-state index in [2.05, 4.69) is 21.7 Å². The highest BCUT2D eigenvalue weighted by Crippen LogP contribution is 2.25. The number of pyridine rings is 1. The average Bonchev–Trinajstić information content (AvgIpc) is 2.67. The van der Waals surface area contributed by atoms with Gasteiger partial charge in [-0.25, -0.2) is 4.98 Å². The van der Waals surface area contributed by atoms with Crippen LogP contribution in [0.15, 0.2) is 18.3 Å². The number of piperidine rings is 1. The third-order valence-electron chi connectivity index (χ3n) is 4.77. The van der Waals surface area contributed by atoms with Crippen molar-refractivity contribution in [3.63, 3.8) is 0 Å². The first-order chi connectivity index (χ1) is 12.7. The van der Waals surface area contributed by atoms with E-state index < -0.39 is 0 Å². The van der Waals surface area contributed by atoms with E-state index >= 15 is 0 Å². The van der Waals surface area contributed by atoms with Gasteiger partial charge in [0.05, 0.1) is 20.2 Å². The highest BCUT2D eigenvalue weighted by atomic mass is 16.5. The minimum absolute atomic E-state index is 0.0328. The molecular weight excluding hydrogens is 326 g/mol. The number of rotatable bonds is 8. The normalized spacial score (nSPS) is 17.1. The van der Waals surface area contributed by atoms with Gasteiger partial charge in [-0.3, -0.25) is 9.69 Å². The summed E-state index contributed by atoms with van der Waals surface area (Å²) < 4.78 is 5.37. The first-order valence-electron chi connectivity index (χ1n) is 9.06. The van der Waals surface area contributed by atoms with Crippen LogP contribution in [0.5, 0.6) is 5.88 Å². The maximum atomic E-state index is 12.4. The molecule has 1 aromatic heterocycles. The van der Waals surface area contributed by atoms with Gasteiger partial charge in [-0.05, 0) is 31.9 Å². The smallest absolute Gasteiger partial charge is 0.224 e. The van der Waals surface area contributed by atoms with Crippen molar-refractivity contribution in [2.45, 2.75) is 44.7 Å². The van der Waals surface area contributed by atoms with Crippen LogP contribution in [0, 0.1) is 24.7 Å². The Balaban J connectivity index is 1.97. The third kappa shape index (κ3) is 5.51. The van der Waals surface area contributed by atoms with E-state index in [1.165, 1.54) is 12.8 Å². The molecule has 0 aliphatic carbocycles. The molecule has 0 radical (unpaired) electrons. The van der Waals surface area contributed by atoms with Crippen molar-refractivity contribution >= 4 is 5.91 Å². The van der Waals surface area contributed by atoms with Gasteiger partial charge >= 0.3 is 0 Å². The summed E-state index contributed by atoms with van der Waals surface area (Å²) in [6.45, 7) is 2.35. The minimum atomic E-state index is 0.0328. The van der Waals surface area contributed by atoms with E-state index in [0.717, 1.165) is 31.5 Å². The summed E-state index contributed by atoms with van der Waals surface area (Å²) in [5.74, 6) is 5.71. The number of hydrogen-bond donors (Lipinski definition) is 0. The minimum Gasteiger partial charge on any atom is -0.481 e. The van der Waals surface area contributed by atoms with Gasteiger partial charge in [-0.2, -0.15) is 0 Å². The van der Waals surface area contributed by atoms with Crippen molar-refractivity contribution < 1.29 is 9.53 Å². The van der Waals surface area contributed by atoms with Crippen LogP contribution in [0.4, 0.5) is 0 Å². The van der Waals surface area contributed by atoms with Crippen LogP contribution < -0.4 is 4.74 Å². The third-order valence-corrected chi connectivity index (χ3v) is 4.77. The largest absolute Gasteiger partial charge is 0.481 e. The lowest BCUT2D eigenvalue weighted by molar-refractivity contribution is -0.130. The molecule has 1 saturated heterocycles. The van der Waals surface area contributed by atoms with E-state index in [4.69, 9.17) is 17.6 Å². The zero-order valence-electron chi connectivity index (χ0n) is 15.5. The van der Waals surface area contributed by atoms with Crippen LogP contribution in [-0.2, 0) is 11.3 Å². The SMILES string of the molecule is C#CCN(CC#C)C(=O)CCC1CCCCN1Cc1cccnc1OC. The molecule has 138 valence electrons. The lowest BCUT2D eigenvalue weighted by Gasteiger charge is -2.36. The summed E-state index contributed by atoms with van der Waals surface area (Å²) in [6, 6.07) is 4.35. The molecule has 0 saturated carbocycles. The highest BCUT2D eigenvalue weighted by molar-refractivity contribution is 5.76. The summed E-state index contributed by atoms with van der Waals surface area (Å²) in [5, 5.41) is 0. The summed E-state index contributed by atoms with van der Waals surface area (Å²) in [4.78, 5) is 20.7. The molecule has 1 aliphatic heterocycles. The first-order valence-corrected chi connectivity index (χ1v) is 9.06. The molecule has 5 heteroatoms. The molecule has 1 aromatic rings. The molecule has 1 unspecified atom stereocenters. The number of hydrogen-bond acceptors (Lipinski definition) is 4. The fourth-order valence-corrected chi connectivity index (χ4v) is 3.44. The molecule has 1 aliphatic rings. The maximum absolute atomic E-state index is 12.4. The van der Waals surface area contributed by atoms with Crippen LogP contribution in [-0.4, -0.2) is 53.5 Å². The number of carbonyl (C=O) groups excluding carboxylic acids is 1. The predicted octanol–water partition coefficient (Wildman–Crippen LogP) is 2.32. The van der Waals surface area contributed by atoms with Crippen LogP contribution in [0.3, 0.4) is 0 Å². The molecule has 0 spiro atoms. The van der Waals surface area contributed by atoms with Crippen LogP contribution in [0.2, 0.25) is 0 Å². The van der Waals surface area contributed by atoms with Crippen molar-refractivity contribution in [1.29, 1.82) is 0 Å². The number of aromatic nitrogens is 1. The Labute approximate surface area is 156 Å². The van der Waals surface area contributed by atoms with E-state index in [0.29, 0.717) is 18.3 Å². The lowest BCUT2D eigenvalue weighted by atomic mass is 9.97. The molecule has 2 heterocycles. The van der Waals surface area contributed by atoms with Gasteiger partial charge in [0, 0.05) is 30.8 Å². The topological polar surface area (TPSA) is 45.7 Å². The molecular formula is C21H27N3O2. The number of amides is 1. The Morgan fingerprint density at radius 1 is 1.38 bits per heavy atom. The van der Waals surface area contributed by atoms with E-state index in [-0.39, 0.29) is 19.0 Å². The molecule has 2 rings (SSSR count). The average molecular weight is 353 g/mol. The molecule has 26 heavy (non-hydrogen) atoms.